The van der Waals surface area contributed by atoms with Crippen LogP contribution in [0.2, 0.25) is 0 Å². The molecule has 2 saturated heterocycles. The Bertz CT molecular complexity index is 532. The van der Waals surface area contributed by atoms with E-state index in [1.165, 1.54) is 7.11 Å². The first-order valence-electron chi connectivity index (χ1n) is 7.33. The molecule has 2 fully saturated rings. The number of rotatable bonds is 3. The molecule has 1 aromatic carbocycles. The number of hydrogen-bond acceptors (Lipinski definition) is 4. The average molecular weight is 288 g/mol. The monoisotopic (exact) mass is 288 g/mol. The third-order valence-electron chi connectivity index (χ3n) is 4.41. The zero-order valence-corrected chi connectivity index (χ0v) is 12.2. The van der Waals surface area contributed by atoms with Crippen molar-refractivity contribution in [2.24, 2.45) is 5.92 Å². The minimum absolute atomic E-state index is 0.136. The second-order valence-electron chi connectivity index (χ2n) is 5.71. The van der Waals surface area contributed by atoms with Crippen LogP contribution in [0.4, 0.5) is 0 Å². The van der Waals surface area contributed by atoms with Crippen molar-refractivity contribution in [1.29, 1.82) is 0 Å². The number of nitrogens with zero attached hydrogens (tertiary/aromatic N) is 2. The van der Waals surface area contributed by atoms with E-state index in [2.05, 4.69) is 4.90 Å². The molecule has 21 heavy (non-hydrogen) atoms. The molecule has 3 rings (SSSR count). The van der Waals surface area contributed by atoms with Gasteiger partial charge in [0.25, 0.3) is 0 Å². The summed E-state index contributed by atoms with van der Waals surface area (Å²) in [6, 6.07) is 9.85. The topological polar surface area (TPSA) is 49.9 Å². The first-order valence-corrected chi connectivity index (χ1v) is 7.33. The molecule has 5 heteroatoms. The van der Waals surface area contributed by atoms with E-state index < -0.39 is 0 Å². The Labute approximate surface area is 124 Å². The average Bonchev–Trinajstić information content (AvgIpc) is 2.95. The smallest absolute Gasteiger partial charge is 0.310 e. The molecular formula is C16H20N2O3. The molecule has 0 aliphatic carbocycles. The molecule has 0 N–H and O–H groups in total. The molecule has 2 atom stereocenters. The number of carbonyl (C=O) groups excluding carboxylic acids is 2. The Morgan fingerprint density at radius 1 is 1.29 bits per heavy atom. The summed E-state index contributed by atoms with van der Waals surface area (Å²) in [7, 11) is 1.41. The lowest BCUT2D eigenvalue weighted by molar-refractivity contribution is -0.144. The molecule has 1 unspecified atom stereocenters. The summed E-state index contributed by atoms with van der Waals surface area (Å²) >= 11 is 0. The van der Waals surface area contributed by atoms with Crippen LogP contribution in [0, 0.1) is 5.92 Å². The molecule has 0 spiro atoms. The predicted molar refractivity (Wildman–Crippen MR) is 77.3 cm³/mol. The van der Waals surface area contributed by atoms with Gasteiger partial charge < -0.3 is 9.64 Å². The summed E-state index contributed by atoms with van der Waals surface area (Å²) in [5.74, 6) is -0.232. The highest BCUT2D eigenvalue weighted by molar-refractivity contribution is 5.85. The van der Waals surface area contributed by atoms with Crippen molar-refractivity contribution in [1.82, 2.24) is 9.80 Å². The number of piperazine rings is 1. The summed E-state index contributed by atoms with van der Waals surface area (Å²) in [6.07, 6.45) is 0.580. The number of carbonyl (C=O) groups is 2. The Hall–Kier alpha value is -1.88. The van der Waals surface area contributed by atoms with Crippen molar-refractivity contribution in [3.63, 3.8) is 0 Å². The van der Waals surface area contributed by atoms with Gasteiger partial charge in [0.15, 0.2) is 0 Å². The van der Waals surface area contributed by atoms with E-state index in [1.807, 2.05) is 35.2 Å². The van der Waals surface area contributed by atoms with Crippen molar-refractivity contribution >= 4 is 11.9 Å². The van der Waals surface area contributed by atoms with E-state index in [4.69, 9.17) is 4.74 Å². The fourth-order valence-electron chi connectivity index (χ4n) is 3.28. The molecule has 2 heterocycles. The van der Waals surface area contributed by atoms with Crippen LogP contribution in [0.3, 0.4) is 0 Å². The summed E-state index contributed by atoms with van der Waals surface area (Å²) in [5, 5.41) is 0. The maximum atomic E-state index is 12.6. The van der Waals surface area contributed by atoms with Crippen molar-refractivity contribution in [3.8, 4) is 0 Å². The lowest BCUT2D eigenvalue weighted by atomic mass is 10.0. The van der Waals surface area contributed by atoms with Gasteiger partial charge in [-0.1, -0.05) is 30.3 Å². The maximum absolute atomic E-state index is 12.6. The highest BCUT2D eigenvalue weighted by atomic mass is 16.5. The van der Waals surface area contributed by atoms with E-state index >= 15 is 0 Å². The number of esters is 1. The van der Waals surface area contributed by atoms with Gasteiger partial charge in [0.1, 0.15) is 0 Å². The van der Waals surface area contributed by atoms with Gasteiger partial charge in [0, 0.05) is 26.2 Å². The number of benzene rings is 1. The summed E-state index contributed by atoms with van der Waals surface area (Å²) < 4.78 is 4.81. The van der Waals surface area contributed by atoms with Gasteiger partial charge >= 0.3 is 5.97 Å². The minimum atomic E-state index is -0.202. The molecule has 1 amide bonds. The third kappa shape index (κ3) is 2.78. The van der Waals surface area contributed by atoms with Crippen molar-refractivity contribution in [3.05, 3.63) is 35.9 Å². The molecule has 112 valence electrons. The fraction of sp³-hybridized carbons (Fsp3) is 0.500. The Balaban J connectivity index is 1.67. The molecule has 2 aliphatic rings. The van der Waals surface area contributed by atoms with Crippen LogP contribution >= 0.6 is 0 Å². The van der Waals surface area contributed by atoms with Crippen LogP contribution in [0.25, 0.3) is 0 Å². The zero-order valence-electron chi connectivity index (χ0n) is 12.2. The highest BCUT2D eigenvalue weighted by Crippen LogP contribution is 2.28. The van der Waals surface area contributed by atoms with Gasteiger partial charge in [-0.15, -0.1) is 0 Å². The first kappa shape index (κ1) is 14.1. The minimum Gasteiger partial charge on any atom is -0.469 e. The van der Waals surface area contributed by atoms with Crippen LogP contribution in [-0.4, -0.2) is 54.5 Å². The van der Waals surface area contributed by atoms with Gasteiger partial charge in [0.2, 0.25) is 5.91 Å². The van der Waals surface area contributed by atoms with E-state index in [-0.39, 0.29) is 23.8 Å². The van der Waals surface area contributed by atoms with Crippen LogP contribution in [-0.2, 0) is 20.9 Å². The lowest BCUT2D eigenvalue weighted by Gasteiger charge is -2.36. The second-order valence-corrected chi connectivity index (χ2v) is 5.71. The normalized spacial score (nSPS) is 25.8. The number of amides is 1. The Morgan fingerprint density at radius 2 is 2.05 bits per heavy atom. The van der Waals surface area contributed by atoms with Crippen LogP contribution in [0.5, 0.6) is 0 Å². The predicted octanol–water partition coefficient (Wildman–Crippen LogP) is 0.892. The molecule has 2 aliphatic heterocycles. The number of hydrogen-bond donors (Lipinski definition) is 0. The molecule has 0 saturated carbocycles. The fourth-order valence-corrected chi connectivity index (χ4v) is 3.28. The quantitative estimate of drug-likeness (QED) is 0.775. The van der Waals surface area contributed by atoms with Crippen LogP contribution < -0.4 is 0 Å². The second kappa shape index (κ2) is 5.85. The van der Waals surface area contributed by atoms with E-state index in [0.29, 0.717) is 19.5 Å². The molecule has 1 aromatic rings. The first-order chi connectivity index (χ1) is 10.2. The van der Waals surface area contributed by atoms with Crippen molar-refractivity contribution in [2.75, 3.05) is 26.7 Å². The molecular weight excluding hydrogens is 268 g/mol. The van der Waals surface area contributed by atoms with Gasteiger partial charge in [-0.3, -0.25) is 14.5 Å². The van der Waals surface area contributed by atoms with Crippen molar-refractivity contribution < 1.29 is 14.3 Å². The number of ether oxygens (including phenoxy) is 1. The van der Waals surface area contributed by atoms with Crippen molar-refractivity contribution in [2.45, 2.75) is 19.0 Å². The molecule has 0 aromatic heterocycles. The summed E-state index contributed by atoms with van der Waals surface area (Å²) in [6.45, 7) is 2.84. The summed E-state index contributed by atoms with van der Waals surface area (Å²) in [5.41, 5.74) is 1.14. The van der Waals surface area contributed by atoms with Crippen LogP contribution in [0.1, 0.15) is 12.0 Å². The van der Waals surface area contributed by atoms with Gasteiger partial charge in [0.05, 0.1) is 19.1 Å². The third-order valence-corrected chi connectivity index (χ3v) is 4.41. The van der Waals surface area contributed by atoms with Gasteiger partial charge in [-0.2, -0.15) is 0 Å². The number of fused-ring (bicyclic) bond motifs is 1. The SMILES string of the molecule is COC(=O)C1C[C@H]2C(=O)N(Cc3ccccc3)CCN2C1. The zero-order chi connectivity index (χ0) is 14.8. The molecule has 0 bridgehead atoms. The Morgan fingerprint density at radius 3 is 2.76 bits per heavy atom. The van der Waals surface area contributed by atoms with Crippen LogP contribution in [0.15, 0.2) is 30.3 Å². The van der Waals surface area contributed by atoms with E-state index in [0.717, 1.165) is 18.7 Å². The molecule has 0 radical (unpaired) electrons. The summed E-state index contributed by atoms with van der Waals surface area (Å²) in [4.78, 5) is 28.3. The standard InChI is InChI=1S/C16H20N2O3/c1-21-16(20)13-9-14-15(19)18(8-7-17(14)11-13)10-12-5-3-2-4-6-12/h2-6,13-14H,7-11H2,1H3/t13?,14-/m0/s1. The van der Waals surface area contributed by atoms with E-state index in [1.54, 1.807) is 0 Å². The lowest BCUT2D eigenvalue weighted by Crippen LogP contribution is -2.53. The molecule has 5 nitrogen and oxygen atoms in total. The van der Waals surface area contributed by atoms with Gasteiger partial charge in [-0.25, -0.2) is 0 Å². The highest BCUT2D eigenvalue weighted by Gasteiger charge is 2.44. The van der Waals surface area contributed by atoms with Gasteiger partial charge in [-0.05, 0) is 12.0 Å². The van der Waals surface area contributed by atoms with E-state index in [9.17, 15) is 9.59 Å². The largest absolute Gasteiger partial charge is 0.469 e. The Kier molecular flexibility index (Phi) is 3.92. The number of methoxy groups -OCH3 is 1. The maximum Gasteiger partial charge on any atom is 0.310 e.